The number of aliphatic imine (C=N–C) groups is 1. The van der Waals surface area contributed by atoms with Crippen LogP contribution in [0.1, 0.15) is 81.2 Å². The van der Waals surface area contributed by atoms with E-state index < -0.39 is 54.9 Å². The number of nitrogen functional groups attached to an aromatic ring is 1. The maximum atomic E-state index is 14.3. The highest BCUT2D eigenvalue weighted by atomic mass is 32.2. The Hall–Kier alpha value is -2.82. The molecule has 10 nitrogen and oxygen atoms in total. The third-order valence-electron chi connectivity index (χ3n) is 6.38. The fourth-order valence-corrected chi connectivity index (χ4v) is 7.01. The number of rotatable bonds is 0. The van der Waals surface area contributed by atoms with E-state index >= 15 is 0 Å². The van der Waals surface area contributed by atoms with Gasteiger partial charge in [0.1, 0.15) is 33.1 Å². The standard InChI is InChI=1S/C26H39N3O7S/c1-15-13-19-26(10,17-14-16(27)11-12-18(17)34-15)28-20(25(8,9)37(19,32)33)29(21(30)35-23(2,3)4)22(31)36-24(5,6)7/h11-12,14-15,19H,13,27H2,1-10H3/t15-,19+,26+/m0/s1. The molecule has 3 rings (SSSR count). The van der Waals surface area contributed by atoms with Crippen LogP contribution in [0.5, 0.6) is 5.75 Å². The molecule has 1 aromatic rings. The van der Waals surface area contributed by atoms with Gasteiger partial charge in [0, 0.05) is 17.7 Å². The van der Waals surface area contributed by atoms with Crippen LogP contribution in [0.2, 0.25) is 0 Å². The molecular weight excluding hydrogens is 498 g/mol. The zero-order valence-electron chi connectivity index (χ0n) is 23.3. The lowest BCUT2D eigenvalue weighted by atomic mass is 9.85. The quantitative estimate of drug-likeness (QED) is 0.466. The smallest absolute Gasteiger partial charge is 0.425 e. The molecule has 0 saturated carbocycles. The van der Waals surface area contributed by atoms with Gasteiger partial charge in [-0.1, -0.05) is 0 Å². The minimum absolute atomic E-state index is 0.145. The fraction of sp³-hybridized carbons (Fsp3) is 0.654. The van der Waals surface area contributed by atoms with Crippen molar-refractivity contribution in [3.63, 3.8) is 0 Å². The Morgan fingerprint density at radius 3 is 2.05 bits per heavy atom. The van der Waals surface area contributed by atoms with Gasteiger partial charge in [-0.05, 0) is 87.4 Å². The number of benzene rings is 1. The number of hydrogen-bond donors (Lipinski definition) is 1. The Morgan fingerprint density at radius 1 is 1.05 bits per heavy atom. The number of hydrogen-bond acceptors (Lipinski definition) is 9. The molecule has 37 heavy (non-hydrogen) atoms. The first-order valence-corrected chi connectivity index (χ1v) is 13.8. The summed E-state index contributed by atoms with van der Waals surface area (Å²) in [7, 11) is -4.09. The summed E-state index contributed by atoms with van der Waals surface area (Å²) in [6.45, 7) is 16.2. The van der Waals surface area contributed by atoms with Crippen LogP contribution in [0.25, 0.3) is 0 Å². The van der Waals surface area contributed by atoms with E-state index in [1.165, 1.54) is 13.8 Å². The van der Waals surface area contributed by atoms with E-state index in [4.69, 9.17) is 24.9 Å². The molecule has 2 amide bonds. The highest BCUT2D eigenvalue weighted by Crippen LogP contribution is 2.50. The topological polar surface area (TPSA) is 138 Å². The van der Waals surface area contributed by atoms with E-state index in [0.29, 0.717) is 21.9 Å². The van der Waals surface area contributed by atoms with Crippen LogP contribution >= 0.6 is 0 Å². The van der Waals surface area contributed by atoms with Crippen molar-refractivity contribution in [2.75, 3.05) is 5.73 Å². The molecule has 0 aliphatic carbocycles. The lowest BCUT2D eigenvalue weighted by molar-refractivity contribution is 0.0138. The molecule has 0 spiro atoms. The van der Waals surface area contributed by atoms with E-state index in [9.17, 15) is 18.0 Å². The van der Waals surface area contributed by atoms with Crippen molar-refractivity contribution in [1.29, 1.82) is 0 Å². The summed E-state index contributed by atoms with van der Waals surface area (Å²) < 4.78 is 43.9. The predicted octanol–water partition coefficient (Wildman–Crippen LogP) is 4.80. The molecule has 11 heteroatoms. The molecule has 3 atom stereocenters. The Bertz CT molecular complexity index is 1210. The summed E-state index contributed by atoms with van der Waals surface area (Å²) in [6.07, 6.45) is -2.47. The SMILES string of the molecule is C[C@H]1C[C@@H]2[C@](C)(N=C(N(C(=O)OC(C)(C)C)C(=O)OC(C)(C)C)C(C)(C)S2(=O)=O)c2cc(N)ccc2O1. The molecule has 1 aromatic carbocycles. The van der Waals surface area contributed by atoms with Crippen LogP contribution in [0, 0.1) is 0 Å². The average molecular weight is 538 g/mol. The van der Waals surface area contributed by atoms with Crippen LogP contribution in [-0.4, -0.2) is 58.6 Å². The Labute approximate surface area is 219 Å². The molecule has 0 fully saturated rings. The highest BCUT2D eigenvalue weighted by Gasteiger charge is 2.61. The van der Waals surface area contributed by atoms with Gasteiger partial charge in [0.15, 0.2) is 9.84 Å². The van der Waals surface area contributed by atoms with Crippen LogP contribution < -0.4 is 10.5 Å². The van der Waals surface area contributed by atoms with Crippen LogP contribution in [0.4, 0.5) is 15.3 Å². The van der Waals surface area contributed by atoms with Gasteiger partial charge in [-0.3, -0.25) is 4.99 Å². The second kappa shape index (κ2) is 8.89. The summed E-state index contributed by atoms with van der Waals surface area (Å²) in [5, 5.41) is -1.02. The maximum Gasteiger partial charge on any atom is 0.425 e. The van der Waals surface area contributed by atoms with Gasteiger partial charge < -0.3 is 19.9 Å². The van der Waals surface area contributed by atoms with E-state index in [2.05, 4.69) is 0 Å². The molecule has 2 aliphatic heterocycles. The summed E-state index contributed by atoms with van der Waals surface area (Å²) >= 11 is 0. The maximum absolute atomic E-state index is 14.3. The lowest BCUT2D eigenvalue weighted by Gasteiger charge is -2.46. The van der Waals surface area contributed by atoms with Gasteiger partial charge in [0.05, 0.1) is 11.4 Å². The number of sulfone groups is 1. The Balaban J connectivity index is 2.37. The Kier molecular flexibility index (Phi) is 6.90. The van der Waals surface area contributed by atoms with Crippen molar-refractivity contribution in [3.05, 3.63) is 23.8 Å². The first kappa shape index (κ1) is 28.7. The van der Waals surface area contributed by atoms with Gasteiger partial charge in [-0.2, -0.15) is 4.90 Å². The number of ether oxygens (including phenoxy) is 3. The van der Waals surface area contributed by atoms with Gasteiger partial charge >= 0.3 is 12.2 Å². The summed E-state index contributed by atoms with van der Waals surface area (Å²) in [4.78, 5) is 32.4. The van der Waals surface area contributed by atoms with Crippen LogP contribution in [-0.2, 0) is 24.8 Å². The van der Waals surface area contributed by atoms with Gasteiger partial charge in [-0.15, -0.1) is 0 Å². The van der Waals surface area contributed by atoms with Gasteiger partial charge in [0.25, 0.3) is 0 Å². The van der Waals surface area contributed by atoms with E-state index in [1.807, 2.05) is 0 Å². The summed E-state index contributed by atoms with van der Waals surface area (Å²) in [6, 6.07) is 4.96. The second-order valence-electron chi connectivity index (χ2n) is 12.3. The van der Waals surface area contributed by atoms with E-state index in [-0.39, 0.29) is 12.3 Å². The zero-order chi connectivity index (χ0) is 28.4. The number of imide groups is 1. The van der Waals surface area contributed by atoms with Gasteiger partial charge in [0.2, 0.25) is 0 Å². The van der Waals surface area contributed by atoms with E-state index in [1.54, 1.807) is 73.6 Å². The number of amides is 2. The minimum Gasteiger partial charge on any atom is -0.490 e. The van der Waals surface area contributed by atoms with Crippen LogP contribution in [0.3, 0.4) is 0 Å². The number of nitrogens with two attached hydrogens (primary N) is 1. The van der Waals surface area contributed by atoms with E-state index in [0.717, 1.165) is 0 Å². The molecule has 0 saturated heterocycles. The predicted molar refractivity (Wildman–Crippen MR) is 141 cm³/mol. The average Bonchev–Trinajstić information content (AvgIpc) is 2.79. The molecule has 206 valence electrons. The third-order valence-corrected chi connectivity index (χ3v) is 9.38. The highest BCUT2D eigenvalue weighted by molar-refractivity contribution is 7.94. The van der Waals surface area contributed by atoms with Crippen LogP contribution in [0.15, 0.2) is 23.2 Å². The first-order chi connectivity index (χ1) is 16.6. The van der Waals surface area contributed by atoms with Crippen molar-refractivity contribution < 1.29 is 32.2 Å². The lowest BCUT2D eigenvalue weighted by Crippen LogP contribution is -2.64. The van der Waals surface area contributed by atoms with Crippen molar-refractivity contribution in [3.8, 4) is 5.75 Å². The molecule has 2 heterocycles. The monoisotopic (exact) mass is 537 g/mol. The third kappa shape index (κ3) is 5.28. The molecule has 0 bridgehead atoms. The summed E-state index contributed by atoms with van der Waals surface area (Å²) in [5.41, 5.74) is 3.55. The number of carbonyl (C=O) groups is 2. The Morgan fingerprint density at radius 2 is 1.57 bits per heavy atom. The van der Waals surface area contributed by atoms with Crippen molar-refractivity contribution in [2.24, 2.45) is 4.99 Å². The molecule has 2 aliphatic rings. The molecule has 2 N–H and O–H groups in total. The number of amidine groups is 1. The van der Waals surface area contributed by atoms with Crippen molar-refractivity contribution in [1.82, 2.24) is 4.90 Å². The summed E-state index contributed by atoms with van der Waals surface area (Å²) in [5.74, 6) is 0.142. The number of anilines is 1. The van der Waals surface area contributed by atoms with Gasteiger partial charge in [-0.25, -0.2) is 18.0 Å². The minimum atomic E-state index is -4.09. The second-order valence-corrected chi connectivity index (χ2v) is 15.0. The first-order valence-electron chi connectivity index (χ1n) is 12.3. The molecule has 0 radical (unpaired) electrons. The molecular formula is C26H39N3O7S. The fourth-order valence-electron chi connectivity index (χ4n) is 4.60. The zero-order valence-corrected chi connectivity index (χ0v) is 24.1. The molecule has 0 unspecified atom stereocenters. The number of nitrogens with zero attached hydrogens (tertiary/aromatic N) is 2. The normalized spacial score (nSPS) is 26.4. The van der Waals surface area contributed by atoms with Crippen molar-refractivity contribution in [2.45, 2.75) is 109 Å². The number of carbonyl (C=O) groups excluding carboxylic acids is 2. The molecule has 0 aromatic heterocycles. The number of fused-ring (bicyclic) bond motifs is 3. The largest absolute Gasteiger partial charge is 0.490 e. The van der Waals surface area contributed by atoms with Crippen molar-refractivity contribution >= 4 is 33.5 Å².